The molecule has 0 radical (unpaired) electrons. The number of aliphatic carboxylic acids is 1. The summed E-state index contributed by atoms with van der Waals surface area (Å²) >= 11 is 6.10. The maximum Gasteiger partial charge on any atom is 0.303 e. The standard InChI is InChI=1S/C41H45ClN2O7/c1-27-36(25-44-20-18-41(49,19-21-44)34-12-14-35(42)15-13-34)50-40(51-39(27)30-10-8-28(26-45)9-11-30)33-7-3-6-32(23-33)31-5-2-4-29(22-31)24-43-37(46)16-17-38(47)48/h2-15,22-23,27,36,39-40,45,49H,16-21,24-26H2,1H3,(H,43,46)(H,47,48)/t27-,36+,39+,40+/m1/s1. The normalized spacial score (nSPS) is 22.0. The van der Waals surface area contributed by atoms with Crippen molar-refractivity contribution in [3.63, 3.8) is 0 Å². The summed E-state index contributed by atoms with van der Waals surface area (Å²) in [6.45, 7) is 4.55. The average Bonchev–Trinajstić information content (AvgIpc) is 3.15. The summed E-state index contributed by atoms with van der Waals surface area (Å²) in [7, 11) is 0. The first-order chi connectivity index (χ1) is 24.6. The Morgan fingerprint density at radius 1 is 0.863 bits per heavy atom. The number of rotatable bonds is 12. The van der Waals surface area contributed by atoms with Gasteiger partial charge in [0.05, 0.1) is 30.8 Å². The Bertz CT molecular complexity index is 1790. The molecule has 9 nitrogen and oxygen atoms in total. The Hall–Kier alpha value is -4.09. The molecule has 51 heavy (non-hydrogen) atoms. The molecule has 4 N–H and O–H groups in total. The average molecular weight is 713 g/mol. The minimum atomic E-state index is -1.00. The quantitative estimate of drug-likeness (QED) is 0.127. The lowest BCUT2D eigenvalue weighted by Gasteiger charge is -2.45. The molecule has 0 spiro atoms. The van der Waals surface area contributed by atoms with Gasteiger partial charge in [-0.25, -0.2) is 0 Å². The number of hydrogen-bond acceptors (Lipinski definition) is 7. The van der Waals surface area contributed by atoms with Crippen LogP contribution in [0.4, 0.5) is 0 Å². The molecule has 0 saturated carbocycles. The Kier molecular flexibility index (Phi) is 11.9. The summed E-state index contributed by atoms with van der Waals surface area (Å²) in [5, 5.41) is 33.4. The Labute approximate surface area is 303 Å². The number of nitrogens with one attached hydrogen (secondary N) is 1. The number of aliphatic hydroxyl groups excluding tert-OH is 1. The van der Waals surface area contributed by atoms with E-state index in [0.717, 1.165) is 52.0 Å². The molecule has 10 heteroatoms. The number of halogens is 1. The lowest BCUT2D eigenvalue weighted by Crippen LogP contribution is -2.49. The third-order valence-electron chi connectivity index (χ3n) is 10.1. The lowest BCUT2D eigenvalue weighted by molar-refractivity contribution is -0.277. The van der Waals surface area contributed by atoms with E-state index in [1.165, 1.54) is 0 Å². The number of carbonyl (C=O) groups excluding carboxylic acids is 1. The SMILES string of the molecule is C[C@@H]1[C@H](CN2CCC(O)(c3ccc(Cl)cc3)CC2)O[C@H](c2cccc(-c3cccc(CNC(=O)CCC(=O)O)c3)c2)O[C@@H]1c1ccc(CO)cc1. The van der Waals surface area contributed by atoms with Crippen molar-refractivity contribution in [1.82, 2.24) is 10.2 Å². The molecule has 2 heterocycles. The largest absolute Gasteiger partial charge is 0.481 e. The van der Waals surface area contributed by atoms with Crippen molar-refractivity contribution in [1.29, 1.82) is 0 Å². The highest BCUT2D eigenvalue weighted by molar-refractivity contribution is 6.30. The Morgan fingerprint density at radius 3 is 2.24 bits per heavy atom. The highest BCUT2D eigenvalue weighted by Crippen LogP contribution is 2.43. The molecule has 6 rings (SSSR count). The van der Waals surface area contributed by atoms with E-state index in [9.17, 15) is 19.8 Å². The van der Waals surface area contributed by atoms with E-state index in [2.05, 4.69) is 23.2 Å². The number of carboxylic acids is 1. The van der Waals surface area contributed by atoms with Crippen molar-refractivity contribution in [2.75, 3.05) is 19.6 Å². The fourth-order valence-electron chi connectivity index (χ4n) is 6.97. The molecule has 2 aliphatic heterocycles. The van der Waals surface area contributed by atoms with Crippen molar-refractivity contribution in [2.24, 2.45) is 5.92 Å². The maximum absolute atomic E-state index is 12.1. The molecule has 268 valence electrons. The number of carboxylic acid groups (broad SMARTS) is 1. The molecular formula is C41H45ClN2O7. The third kappa shape index (κ3) is 9.23. The number of amides is 1. The number of hydrogen-bond donors (Lipinski definition) is 4. The molecule has 0 bridgehead atoms. The number of likely N-dealkylation sites (tertiary alicyclic amines) is 1. The zero-order valence-electron chi connectivity index (χ0n) is 28.7. The second-order valence-electron chi connectivity index (χ2n) is 13.7. The van der Waals surface area contributed by atoms with Crippen LogP contribution >= 0.6 is 11.6 Å². The summed E-state index contributed by atoms with van der Waals surface area (Å²) in [6, 6.07) is 31.3. The highest BCUT2D eigenvalue weighted by Gasteiger charge is 2.41. The van der Waals surface area contributed by atoms with Crippen molar-refractivity contribution < 1.29 is 34.4 Å². The van der Waals surface area contributed by atoms with Crippen LogP contribution in [0, 0.1) is 5.92 Å². The van der Waals surface area contributed by atoms with E-state index < -0.39 is 17.9 Å². The van der Waals surface area contributed by atoms with Crippen LogP contribution in [-0.2, 0) is 37.8 Å². The predicted octanol–water partition coefficient (Wildman–Crippen LogP) is 6.76. The Balaban J connectivity index is 1.19. The minimum Gasteiger partial charge on any atom is -0.481 e. The first-order valence-electron chi connectivity index (χ1n) is 17.5. The fourth-order valence-corrected chi connectivity index (χ4v) is 7.10. The van der Waals surface area contributed by atoms with E-state index in [4.69, 9.17) is 26.2 Å². The number of aliphatic hydroxyl groups is 2. The summed E-state index contributed by atoms with van der Waals surface area (Å²) in [6.07, 6.45) is -0.109. The predicted molar refractivity (Wildman–Crippen MR) is 195 cm³/mol. The topological polar surface area (TPSA) is 129 Å². The van der Waals surface area contributed by atoms with Crippen LogP contribution < -0.4 is 5.32 Å². The zero-order valence-corrected chi connectivity index (χ0v) is 29.5. The van der Waals surface area contributed by atoms with E-state index >= 15 is 0 Å². The summed E-state index contributed by atoms with van der Waals surface area (Å²) in [5.41, 5.74) is 5.56. The van der Waals surface area contributed by atoms with E-state index in [0.29, 0.717) is 31.0 Å². The van der Waals surface area contributed by atoms with Gasteiger partial charge in [-0.3, -0.25) is 9.59 Å². The van der Waals surface area contributed by atoms with Gasteiger partial charge >= 0.3 is 5.97 Å². The minimum absolute atomic E-state index is 0.0175. The van der Waals surface area contributed by atoms with Crippen LogP contribution in [0.5, 0.6) is 0 Å². The smallest absolute Gasteiger partial charge is 0.303 e. The maximum atomic E-state index is 12.1. The first-order valence-corrected chi connectivity index (χ1v) is 17.9. The molecule has 4 aromatic rings. The van der Waals surface area contributed by atoms with Crippen molar-refractivity contribution >= 4 is 23.5 Å². The van der Waals surface area contributed by atoms with Crippen molar-refractivity contribution in [2.45, 2.75) is 69.9 Å². The summed E-state index contributed by atoms with van der Waals surface area (Å²) in [4.78, 5) is 25.3. The molecule has 0 aromatic heterocycles. The molecule has 2 fully saturated rings. The van der Waals surface area contributed by atoms with Crippen molar-refractivity contribution in [3.05, 3.63) is 130 Å². The second kappa shape index (κ2) is 16.5. The third-order valence-corrected chi connectivity index (χ3v) is 10.4. The second-order valence-corrected chi connectivity index (χ2v) is 14.1. The van der Waals surface area contributed by atoms with Crippen molar-refractivity contribution in [3.8, 4) is 11.1 Å². The van der Waals surface area contributed by atoms with Gasteiger partial charge in [-0.05, 0) is 70.5 Å². The number of nitrogens with zero attached hydrogens (tertiary/aromatic N) is 1. The summed E-state index contributed by atoms with van der Waals surface area (Å²) in [5.74, 6) is -1.29. The molecule has 4 aromatic carbocycles. The number of ether oxygens (including phenoxy) is 2. The van der Waals surface area contributed by atoms with E-state index in [1.807, 2.05) is 91.0 Å². The van der Waals surface area contributed by atoms with Crippen LogP contribution in [0.15, 0.2) is 97.1 Å². The van der Waals surface area contributed by atoms with E-state index in [-0.39, 0.29) is 43.5 Å². The molecule has 0 aliphatic carbocycles. The van der Waals surface area contributed by atoms with Gasteiger partial charge in [-0.1, -0.05) is 91.3 Å². The fraction of sp³-hybridized carbons (Fsp3) is 0.366. The highest BCUT2D eigenvalue weighted by atomic mass is 35.5. The molecule has 1 amide bonds. The molecule has 0 unspecified atom stereocenters. The van der Waals surface area contributed by atoms with Gasteiger partial charge in [0.1, 0.15) is 0 Å². The molecule has 4 atom stereocenters. The molecule has 2 saturated heterocycles. The number of piperidine rings is 1. The van der Waals surface area contributed by atoms with Gasteiger partial charge in [0, 0.05) is 49.1 Å². The van der Waals surface area contributed by atoms with Crippen LogP contribution in [0.1, 0.15) is 72.8 Å². The van der Waals surface area contributed by atoms with Crippen LogP contribution in [0.2, 0.25) is 5.02 Å². The number of benzene rings is 4. The van der Waals surface area contributed by atoms with Gasteiger partial charge < -0.3 is 35.0 Å². The van der Waals surface area contributed by atoms with Gasteiger partial charge in [-0.2, -0.15) is 0 Å². The summed E-state index contributed by atoms with van der Waals surface area (Å²) < 4.78 is 13.5. The lowest BCUT2D eigenvalue weighted by atomic mass is 9.84. The van der Waals surface area contributed by atoms with Gasteiger partial charge in [-0.15, -0.1) is 0 Å². The van der Waals surface area contributed by atoms with E-state index in [1.54, 1.807) is 0 Å². The van der Waals surface area contributed by atoms with Gasteiger partial charge in [0.15, 0.2) is 6.29 Å². The monoisotopic (exact) mass is 712 g/mol. The first kappa shape index (κ1) is 36.7. The van der Waals surface area contributed by atoms with Gasteiger partial charge in [0.2, 0.25) is 5.91 Å². The van der Waals surface area contributed by atoms with Crippen LogP contribution in [-0.4, -0.2) is 57.8 Å². The van der Waals surface area contributed by atoms with Gasteiger partial charge in [0.25, 0.3) is 0 Å². The molecular weight excluding hydrogens is 668 g/mol. The zero-order chi connectivity index (χ0) is 36.0. The Morgan fingerprint density at radius 2 is 1.55 bits per heavy atom. The number of carbonyl (C=O) groups is 2. The molecule has 2 aliphatic rings. The van der Waals surface area contributed by atoms with Crippen LogP contribution in [0.25, 0.3) is 11.1 Å². The van der Waals surface area contributed by atoms with Crippen LogP contribution in [0.3, 0.4) is 0 Å².